The van der Waals surface area contributed by atoms with Crippen LogP contribution in [0.1, 0.15) is 45.7 Å². The first kappa shape index (κ1) is 16.1. The van der Waals surface area contributed by atoms with Gasteiger partial charge in [0.15, 0.2) is 0 Å². The average molecular weight is 293 g/mol. The summed E-state index contributed by atoms with van der Waals surface area (Å²) in [7, 11) is 2.12. The van der Waals surface area contributed by atoms with E-state index >= 15 is 0 Å². The van der Waals surface area contributed by atoms with Gasteiger partial charge in [-0.25, -0.2) is 0 Å². The minimum atomic E-state index is -0.237. The fraction of sp³-hybridized carbons (Fsp3) is 0.647. The fourth-order valence-corrected chi connectivity index (χ4v) is 2.78. The van der Waals surface area contributed by atoms with Crippen LogP contribution in [0.15, 0.2) is 18.2 Å². The molecule has 118 valence electrons. The molecule has 1 unspecified atom stereocenters. The van der Waals surface area contributed by atoms with Gasteiger partial charge in [0.2, 0.25) is 0 Å². The lowest BCUT2D eigenvalue weighted by atomic mass is 9.89. The van der Waals surface area contributed by atoms with E-state index < -0.39 is 0 Å². The molecule has 1 N–H and O–H groups in total. The SMILES string of the molecule is CC(C)OCCN(C)C1CC(C)(C)Oc2cc(O)ccc21. The summed E-state index contributed by atoms with van der Waals surface area (Å²) < 4.78 is 11.7. The zero-order chi connectivity index (χ0) is 15.6. The first-order valence-corrected chi connectivity index (χ1v) is 7.62. The lowest BCUT2D eigenvalue weighted by Crippen LogP contribution is -2.41. The second-order valence-electron chi connectivity index (χ2n) is 6.70. The molecule has 4 nitrogen and oxygen atoms in total. The number of hydrogen-bond acceptors (Lipinski definition) is 4. The molecular weight excluding hydrogens is 266 g/mol. The maximum atomic E-state index is 9.67. The van der Waals surface area contributed by atoms with Gasteiger partial charge < -0.3 is 14.6 Å². The van der Waals surface area contributed by atoms with Crippen molar-refractivity contribution in [1.82, 2.24) is 4.90 Å². The number of aromatic hydroxyl groups is 1. The van der Waals surface area contributed by atoms with Crippen LogP contribution < -0.4 is 4.74 Å². The molecule has 0 aromatic heterocycles. The molecular formula is C17H27NO3. The molecule has 1 aromatic carbocycles. The van der Waals surface area contributed by atoms with Crippen molar-refractivity contribution in [2.45, 2.75) is 51.9 Å². The van der Waals surface area contributed by atoms with E-state index in [1.807, 2.05) is 6.07 Å². The van der Waals surface area contributed by atoms with Gasteiger partial charge in [0, 0.05) is 30.6 Å². The minimum absolute atomic E-state index is 0.237. The van der Waals surface area contributed by atoms with E-state index in [-0.39, 0.29) is 23.5 Å². The molecule has 4 heteroatoms. The van der Waals surface area contributed by atoms with Gasteiger partial charge in [-0.2, -0.15) is 0 Å². The molecule has 0 spiro atoms. The van der Waals surface area contributed by atoms with E-state index in [9.17, 15) is 5.11 Å². The van der Waals surface area contributed by atoms with Gasteiger partial charge in [-0.3, -0.25) is 4.90 Å². The van der Waals surface area contributed by atoms with Crippen molar-refractivity contribution in [3.63, 3.8) is 0 Å². The molecule has 21 heavy (non-hydrogen) atoms. The van der Waals surface area contributed by atoms with Crippen molar-refractivity contribution < 1.29 is 14.6 Å². The Bertz CT molecular complexity index is 485. The third-order valence-electron chi connectivity index (χ3n) is 3.85. The Kier molecular flexibility index (Phi) is 4.79. The number of phenolic OH excluding ortho intramolecular Hbond substituents is 1. The Labute approximate surface area is 127 Å². The minimum Gasteiger partial charge on any atom is -0.508 e. The lowest BCUT2D eigenvalue weighted by Gasteiger charge is -2.41. The zero-order valence-electron chi connectivity index (χ0n) is 13.7. The number of fused-ring (bicyclic) bond motifs is 1. The number of ether oxygens (including phenoxy) is 2. The lowest BCUT2D eigenvalue weighted by molar-refractivity contribution is 0.0171. The standard InChI is InChI=1S/C17H27NO3/c1-12(2)20-9-8-18(5)15-11-17(3,4)21-16-10-13(19)6-7-14(15)16/h6-7,10,12,15,19H,8-9,11H2,1-5H3. The Morgan fingerprint density at radius 1 is 1.43 bits per heavy atom. The smallest absolute Gasteiger partial charge is 0.128 e. The molecule has 1 heterocycles. The van der Waals surface area contributed by atoms with Crippen LogP contribution in [0.4, 0.5) is 0 Å². The zero-order valence-corrected chi connectivity index (χ0v) is 13.7. The van der Waals surface area contributed by atoms with Gasteiger partial charge in [0.1, 0.15) is 17.1 Å². The predicted molar refractivity (Wildman–Crippen MR) is 83.9 cm³/mol. The van der Waals surface area contributed by atoms with Gasteiger partial charge >= 0.3 is 0 Å². The summed E-state index contributed by atoms with van der Waals surface area (Å²) in [6.07, 6.45) is 1.18. The molecule has 0 aliphatic carbocycles. The first-order valence-electron chi connectivity index (χ1n) is 7.62. The van der Waals surface area contributed by atoms with Crippen molar-refractivity contribution >= 4 is 0 Å². The second kappa shape index (κ2) is 6.24. The van der Waals surface area contributed by atoms with E-state index in [0.717, 1.165) is 30.9 Å². The van der Waals surface area contributed by atoms with Crippen molar-refractivity contribution in [3.05, 3.63) is 23.8 Å². The van der Waals surface area contributed by atoms with Crippen LogP contribution in [0.5, 0.6) is 11.5 Å². The van der Waals surface area contributed by atoms with E-state index in [4.69, 9.17) is 9.47 Å². The summed E-state index contributed by atoms with van der Waals surface area (Å²) in [5.41, 5.74) is 0.901. The maximum absolute atomic E-state index is 9.67. The van der Waals surface area contributed by atoms with Gasteiger partial charge in [-0.1, -0.05) is 6.07 Å². The normalized spacial score (nSPS) is 20.4. The summed E-state index contributed by atoms with van der Waals surface area (Å²) in [5, 5.41) is 9.67. The quantitative estimate of drug-likeness (QED) is 0.904. The van der Waals surface area contributed by atoms with Crippen molar-refractivity contribution in [2.24, 2.45) is 0 Å². The Morgan fingerprint density at radius 3 is 2.81 bits per heavy atom. The summed E-state index contributed by atoms with van der Waals surface area (Å²) in [4.78, 5) is 2.31. The molecule has 0 amide bonds. The number of rotatable bonds is 5. The molecule has 0 bridgehead atoms. The van der Waals surface area contributed by atoms with E-state index in [0.29, 0.717) is 0 Å². The molecule has 0 radical (unpaired) electrons. The highest BCUT2D eigenvalue weighted by Gasteiger charge is 2.35. The van der Waals surface area contributed by atoms with E-state index in [2.05, 4.69) is 39.6 Å². The van der Waals surface area contributed by atoms with Crippen LogP contribution in [-0.4, -0.2) is 41.9 Å². The average Bonchev–Trinajstić information content (AvgIpc) is 2.35. The van der Waals surface area contributed by atoms with Crippen molar-refractivity contribution in [1.29, 1.82) is 0 Å². The molecule has 0 saturated carbocycles. The highest BCUT2D eigenvalue weighted by molar-refractivity contribution is 5.44. The number of hydrogen-bond donors (Lipinski definition) is 1. The van der Waals surface area contributed by atoms with Crippen molar-refractivity contribution in [2.75, 3.05) is 20.2 Å². The highest BCUT2D eigenvalue weighted by atomic mass is 16.5. The largest absolute Gasteiger partial charge is 0.508 e. The molecule has 0 fully saturated rings. The maximum Gasteiger partial charge on any atom is 0.128 e. The Morgan fingerprint density at radius 2 is 2.14 bits per heavy atom. The molecule has 1 aliphatic rings. The Balaban J connectivity index is 2.15. The van der Waals surface area contributed by atoms with Gasteiger partial charge in [-0.05, 0) is 40.8 Å². The van der Waals surface area contributed by atoms with Crippen LogP contribution >= 0.6 is 0 Å². The monoisotopic (exact) mass is 293 g/mol. The van der Waals surface area contributed by atoms with E-state index in [1.54, 1.807) is 12.1 Å². The summed E-state index contributed by atoms with van der Waals surface area (Å²) in [6, 6.07) is 5.68. The Hall–Kier alpha value is -1.26. The molecule has 1 atom stereocenters. The van der Waals surface area contributed by atoms with Gasteiger partial charge in [-0.15, -0.1) is 0 Å². The topological polar surface area (TPSA) is 41.9 Å². The summed E-state index contributed by atoms with van der Waals surface area (Å²) in [6.45, 7) is 9.88. The predicted octanol–water partition coefficient (Wildman–Crippen LogP) is 3.35. The van der Waals surface area contributed by atoms with Crippen LogP contribution in [-0.2, 0) is 4.74 Å². The molecule has 1 aliphatic heterocycles. The molecule has 1 aromatic rings. The third kappa shape index (κ3) is 4.11. The van der Waals surface area contributed by atoms with Gasteiger partial charge in [0.05, 0.1) is 12.7 Å². The van der Waals surface area contributed by atoms with Crippen LogP contribution in [0.25, 0.3) is 0 Å². The molecule has 0 saturated heterocycles. The third-order valence-corrected chi connectivity index (χ3v) is 3.85. The van der Waals surface area contributed by atoms with E-state index in [1.165, 1.54) is 0 Å². The summed E-state index contributed by atoms with van der Waals surface area (Å²) in [5.74, 6) is 1.03. The van der Waals surface area contributed by atoms with Crippen LogP contribution in [0, 0.1) is 0 Å². The number of nitrogens with zero attached hydrogens (tertiary/aromatic N) is 1. The fourth-order valence-electron chi connectivity index (χ4n) is 2.78. The van der Waals surface area contributed by atoms with Crippen LogP contribution in [0.3, 0.4) is 0 Å². The molecule has 2 rings (SSSR count). The first-order chi connectivity index (χ1) is 9.78. The second-order valence-corrected chi connectivity index (χ2v) is 6.70. The van der Waals surface area contributed by atoms with Gasteiger partial charge in [0.25, 0.3) is 0 Å². The summed E-state index contributed by atoms with van der Waals surface area (Å²) >= 11 is 0. The van der Waals surface area contributed by atoms with Crippen molar-refractivity contribution in [3.8, 4) is 11.5 Å². The highest BCUT2D eigenvalue weighted by Crippen LogP contribution is 2.43. The number of phenols is 1. The van der Waals surface area contributed by atoms with Crippen LogP contribution in [0.2, 0.25) is 0 Å². The number of likely N-dealkylation sites (N-methyl/N-ethyl adjacent to an activating group) is 1. The number of benzene rings is 1.